The number of piperazine rings is 1. The Hall–Kier alpha value is 0.300. The van der Waals surface area contributed by atoms with E-state index < -0.39 is 4.30 Å². The van der Waals surface area contributed by atoms with Gasteiger partial charge in [-0.3, -0.25) is 4.90 Å². The first-order valence-corrected chi connectivity index (χ1v) is 6.99. The Bertz CT molecular complexity index is 287. The van der Waals surface area contributed by atoms with Crippen molar-refractivity contribution in [2.24, 2.45) is 0 Å². The quantitative estimate of drug-likeness (QED) is 0.693. The molecule has 104 valence electrons. The molecule has 2 N–H and O–H groups in total. The number of hydrogen-bond acceptors (Lipinski definition) is 1. The first-order valence-electron chi connectivity index (χ1n) is 5.68. The van der Waals surface area contributed by atoms with Gasteiger partial charge in [-0.2, -0.15) is 0 Å². The maximum absolute atomic E-state index is 4.81. The molecule has 0 unspecified atom stereocenters. The van der Waals surface area contributed by atoms with E-state index in [4.69, 9.17) is 34.8 Å². The SMILES string of the molecule is ClC(Cl)Cl.[Cl-].c1ccc(CN2CC[NH2+]CC2)cc1. The van der Waals surface area contributed by atoms with Crippen LogP contribution in [0.4, 0.5) is 0 Å². The maximum atomic E-state index is 4.81. The fourth-order valence-corrected chi connectivity index (χ4v) is 1.80. The van der Waals surface area contributed by atoms with Crippen molar-refractivity contribution in [1.82, 2.24) is 4.90 Å². The van der Waals surface area contributed by atoms with Crippen LogP contribution >= 0.6 is 34.8 Å². The summed E-state index contributed by atoms with van der Waals surface area (Å²) in [6, 6.07) is 10.7. The van der Waals surface area contributed by atoms with Crippen molar-refractivity contribution >= 4 is 34.8 Å². The van der Waals surface area contributed by atoms with E-state index in [1.807, 2.05) is 0 Å². The van der Waals surface area contributed by atoms with Crippen LogP contribution in [0.3, 0.4) is 0 Å². The largest absolute Gasteiger partial charge is 1.00 e. The van der Waals surface area contributed by atoms with Gasteiger partial charge in [-0.15, -0.1) is 0 Å². The number of benzene rings is 1. The highest BCUT2D eigenvalue weighted by atomic mass is 35.6. The van der Waals surface area contributed by atoms with Crippen molar-refractivity contribution in [2.45, 2.75) is 10.8 Å². The molecule has 0 spiro atoms. The minimum Gasteiger partial charge on any atom is -1.00 e. The molecule has 1 fully saturated rings. The van der Waals surface area contributed by atoms with Crippen molar-refractivity contribution < 1.29 is 17.7 Å². The fraction of sp³-hybridized carbons (Fsp3) is 0.500. The van der Waals surface area contributed by atoms with Gasteiger partial charge in [0.15, 0.2) is 4.30 Å². The van der Waals surface area contributed by atoms with Gasteiger partial charge in [0.2, 0.25) is 0 Å². The van der Waals surface area contributed by atoms with E-state index in [9.17, 15) is 0 Å². The third-order valence-corrected chi connectivity index (χ3v) is 2.55. The van der Waals surface area contributed by atoms with Gasteiger partial charge in [-0.1, -0.05) is 65.1 Å². The molecule has 18 heavy (non-hydrogen) atoms. The van der Waals surface area contributed by atoms with Crippen LogP contribution in [-0.4, -0.2) is 35.4 Å². The van der Waals surface area contributed by atoms with Crippen LogP contribution < -0.4 is 17.7 Å². The molecule has 2 nitrogen and oxygen atoms in total. The third kappa shape index (κ3) is 9.26. The number of rotatable bonds is 2. The first kappa shape index (κ1) is 18.3. The lowest BCUT2D eigenvalue weighted by Crippen LogP contribution is -3.00. The summed E-state index contributed by atoms with van der Waals surface area (Å²) in [4.78, 5) is 2.52. The van der Waals surface area contributed by atoms with Gasteiger partial charge in [0.05, 0.1) is 13.1 Å². The van der Waals surface area contributed by atoms with Crippen molar-refractivity contribution in [3.05, 3.63) is 35.9 Å². The Morgan fingerprint density at radius 3 is 2.06 bits per heavy atom. The molecule has 0 aromatic heterocycles. The average Bonchev–Trinajstić information content (AvgIpc) is 2.31. The topological polar surface area (TPSA) is 19.9 Å². The minimum atomic E-state index is -0.750. The van der Waals surface area contributed by atoms with Gasteiger partial charge < -0.3 is 17.7 Å². The molecule has 0 aliphatic carbocycles. The third-order valence-electron chi connectivity index (χ3n) is 2.55. The molecule has 0 bridgehead atoms. The van der Waals surface area contributed by atoms with Crippen LogP contribution in [0.15, 0.2) is 30.3 Å². The number of nitrogens with zero attached hydrogens (tertiary/aromatic N) is 1. The summed E-state index contributed by atoms with van der Waals surface area (Å²) in [5, 5.41) is 2.39. The Labute approximate surface area is 130 Å². The minimum absolute atomic E-state index is 0. The molecular formula is C12H18Cl4N2. The molecule has 1 aromatic rings. The second-order valence-corrected chi connectivity index (χ2v) is 5.85. The zero-order valence-corrected chi connectivity index (χ0v) is 13.1. The van der Waals surface area contributed by atoms with Gasteiger partial charge in [0.25, 0.3) is 0 Å². The molecule has 1 heterocycles. The van der Waals surface area contributed by atoms with E-state index >= 15 is 0 Å². The molecule has 0 radical (unpaired) electrons. The van der Waals surface area contributed by atoms with Gasteiger partial charge in [0.1, 0.15) is 0 Å². The molecule has 1 aliphatic rings. The van der Waals surface area contributed by atoms with E-state index in [1.165, 1.54) is 31.7 Å². The predicted molar refractivity (Wildman–Crippen MR) is 74.7 cm³/mol. The fourth-order valence-electron chi connectivity index (χ4n) is 1.80. The number of quaternary nitrogens is 1. The summed E-state index contributed by atoms with van der Waals surface area (Å²) in [7, 11) is 0. The van der Waals surface area contributed by atoms with Crippen LogP contribution in [0.5, 0.6) is 0 Å². The second-order valence-electron chi connectivity index (χ2n) is 3.88. The van der Waals surface area contributed by atoms with E-state index in [0.29, 0.717) is 0 Å². The summed E-state index contributed by atoms with van der Waals surface area (Å²) in [5.41, 5.74) is 1.43. The molecule has 1 aromatic carbocycles. The van der Waals surface area contributed by atoms with Crippen molar-refractivity contribution in [2.75, 3.05) is 26.2 Å². The molecule has 0 atom stereocenters. The molecule has 1 aliphatic heterocycles. The van der Waals surface area contributed by atoms with E-state index in [-0.39, 0.29) is 12.4 Å². The molecule has 0 saturated carbocycles. The lowest BCUT2D eigenvalue weighted by Gasteiger charge is -2.24. The number of nitrogens with two attached hydrogens (primary N) is 1. The van der Waals surface area contributed by atoms with Gasteiger partial charge >= 0.3 is 0 Å². The highest BCUT2D eigenvalue weighted by Crippen LogP contribution is 2.04. The molecule has 6 heteroatoms. The highest BCUT2D eigenvalue weighted by Gasteiger charge is 2.11. The molecular weight excluding hydrogens is 314 g/mol. The normalized spacial score (nSPS) is 15.6. The van der Waals surface area contributed by atoms with Crippen LogP contribution in [0, 0.1) is 0 Å². The summed E-state index contributed by atoms with van der Waals surface area (Å²) in [6.07, 6.45) is 0. The summed E-state index contributed by atoms with van der Waals surface area (Å²) >= 11 is 14.4. The monoisotopic (exact) mass is 330 g/mol. The Morgan fingerprint density at radius 1 is 1.06 bits per heavy atom. The molecule has 2 rings (SSSR count). The summed E-state index contributed by atoms with van der Waals surface area (Å²) < 4.78 is -0.750. The van der Waals surface area contributed by atoms with E-state index in [0.717, 1.165) is 6.54 Å². The number of alkyl halides is 3. The highest BCUT2D eigenvalue weighted by molar-refractivity contribution is 6.63. The average molecular weight is 332 g/mol. The summed E-state index contributed by atoms with van der Waals surface area (Å²) in [5.74, 6) is 0. The summed E-state index contributed by atoms with van der Waals surface area (Å²) in [6.45, 7) is 6.10. The molecule has 0 amide bonds. The Balaban J connectivity index is 0.000000512. The first-order chi connectivity index (χ1) is 8.18. The zero-order valence-electron chi connectivity index (χ0n) is 10.0. The molecule has 1 saturated heterocycles. The lowest BCUT2D eigenvalue weighted by atomic mass is 10.2. The predicted octanol–water partition coefficient (Wildman–Crippen LogP) is -0.944. The number of halogens is 4. The van der Waals surface area contributed by atoms with Crippen LogP contribution in [0.2, 0.25) is 0 Å². The second kappa shape index (κ2) is 11.2. The Kier molecular flexibility index (Phi) is 11.3. The van der Waals surface area contributed by atoms with Gasteiger partial charge in [-0.05, 0) is 5.56 Å². The van der Waals surface area contributed by atoms with Crippen molar-refractivity contribution in [1.29, 1.82) is 0 Å². The van der Waals surface area contributed by atoms with Gasteiger partial charge in [-0.25, -0.2) is 0 Å². The van der Waals surface area contributed by atoms with Crippen LogP contribution in [0.25, 0.3) is 0 Å². The van der Waals surface area contributed by atoms with E-state index in [2.05, 4.69) is 40.5 Å². The van der Waals surface area contributed by atoms with Gasteiger partial charge in [0, 0.05) is 19.6 Å². The van der Waals surface area contributed by atoms with Crippen LogP contribution in [0.1, 0.15) is 5.56 Å². The Morgan fingerprint density at radius 2 is 1.56 bits per heavy atom. The maximum Gasteiger partial charge on any atom is 0.180 e. The smallest absolute Gasteiger partial charge is 0.180 e. The zero-order chi connectivity index (χ0) is 12.5. The number of hydrogen-bond donors (Lipinski definition) is 1. The standard InChI is InChI=1S/C11H16N2.CHCl3.ClH/c1-2-4-11(5-3-1)10-13-8-6-12-7-9-13;2-1(3)4;/h1-5,12H,6-10H2;1H;1H. The van der Waals surface area contributed by atoms with Crippen molar-refractivity contribution in [3.63, 3.8) is 0 Å². The van der Waals surface area contributed by atoms with Crippen molar-refractivity contribution in [3.8, 4) is 0 Å². The van der Waals surface area contributed by atoms with Crippen LogP contribution in [-0.2, 0) is 6.54 Å². The van der Waals surface area contributed by atoms with E-state index in [1.54, 1.807) is 0 Å². The lowest BCUT2D eigenvalue weighted by molar-refractivity contribution is -0.663.